The van der Waals surface area contributed by atoms with Crippen LogP contribution >= 0.6 is 0 Å². The van der Waals surface area contributed by atoms with Gasteiger partial charge in [0.05, 0.1) is 0 Å². The largest absolute Gasteiger partial charge is 0.484 e. The van der Waals surface area contributed by atoms with Crippen molar-refractivity contribution in [3.8, 4) is 5.75 Å². The number of hydrogen-bond donors (Lipinski definition) is 2. The Morgan fingerprint density at radius 1 is 0.885 bits per heavy atom. The zero-order valence-corrected chi connectivity index (χ0v) is 14.7. The Hall–Kier alpha value is -3.27. The SMILES string of the molecule is Cc1cccc(NCc2cccc(OCC(=O)Nc3ccccc3)c2)c1. The molecular weight excluding hydrogens is 324 g/mol. The molecule has 0 unspecified atom stereocenters. The molecule has 3 aromatic carbocycles. The summed E-state index contributed by atoms with van der Waals surface area (Å²) in [6.45, 7) is 2.74. The lowest BCUT2D eigenvalue weighted by Gasteiger charge is -2.10. The van der Waals surface area contributed by atoms with Crippen LogP contribution in [-0.4, -0.2) is 12.5 Å². The van der Waals surface area contributed by atoms with Crippen LogP contribution in [0, 0.1) is 6.92 Å². The maximum absolute atomic E-state index is 12.0. The van der Waals surface area contributed by atoms with Crippen molar-refractivity contribution in [3.63, 3.8) is 0 Å². The standard InChI is InChI=1S/C22H22N2O2/c1-17-7-5-11-20(13-17)23-15-18-8-6-12-21(14-18)26-16-22(25)24-19-9-3-2-4-10-19/h2-14,23H,15-16H2,1H3,(H,24,25). The maximum atomic E-state index is 12.0. The van der Waals surface area contributed by atoms with E-state index in [4.69, 9.17) is 4.74 Å². The summed E-state index contributed by atoms with van der Waals surface area (Å²) in [5.41, 5.74) is 4.15. The number of benzene rings is 3. The van der Waals surface area contributed by atoms with Crippen molar-refractivity contribution in [1.29, 1.82) is 0 Å². The molecule has 2 N–H and O–H groups in total. The highest BCUT2D eigenvalue weighted by Gasteiger charge is 2.04. The summed E-state index contributed by atoms with van der Waals surface area (Å²) in [5.74, 6) is 0.497. The number of para-hydroxylation sites is 1. The van der Waals surface area contributed by atoms with Gasteiger partial charge in [0.15, 0.2) is 6.61 Å². The zero-order chi connectivity index (χ0) is 18.2. The first kappa shape index (κ1) is 17.5. The molecule has 0 aromatic heterocycles. The molecule has 3 aromatic rings. The van der Waals surface area contributed by atoms with Gasteiger partial charge >= 0.3 is 0 Å². The second-order valence-corrected chi connectivity index (χ2v) is 6.07. The van der Waals surface area contributed by atoms with Crippen molar-refractivity contribution in [3.05, 3.63) is 90.0 Å². The summed E-state index contributed by atoms with van der Waals surface area (Å²) >= 11 is 0. The van der Waals surface area contributed by atoms with Gasteiger partial charge in [-0.2, -0.15) is 0 Å². The van der Waals surface area contributed by atoms with Crippen molar-refractivity contribution in [1.82, 2.24) is 0 Å². The maximum Gasteiger partial charge on any atom is 0.262 e. The molecule has 0 spiro atoms. The fourth-order valence-corrected chi connectivity index (χ4v) is 2.57. The van der Waals surface area contributed by atoms with Crippen LogP contribution in [0.5, 0.6) is 5.75 Å². The predicted molar refractivity (Wildman–Crippen MR) is 106 cm³/mol. The average molecular weight is 346 g/mol. The topological polar surface area (TPSA) is 50.4 Å². The first-order valence-corrected chi connectivity index (χ1v) is 8.56. The molecular formula is C22H22N2O2. The van der Waals surface area contributed by atoms with Crippen LogP contribution in [0.25, 0.3) is 0 Å². The lowest BCUT2D eigenvalue weighted by atomic mass is 10.2. The van der Waals surface area contributed by atoms with E-state index >= 15 is 0 Å². The molecule has 26 heavy (non-hydrogen) atoms. The third-order valence-electron chi connectivity index (χ3n) is 3.84. The monoisotopic (exact) mass is 346 g/mol. The summed E-state index contributed by atoms with van der Waals surface area (Å²) in [7, 11) is 0. The van der Waals surface area contributed by atoms with E-state index < -0.39 is 0 Å². The van der Waals surface area contributed by atoms with Crippen molar-refractivity contribution >= 4 is 17.3 Å². The lowest BCUT2D eigenvalue weighted by molar-refractivity contribution is -0.118. The van der Waals surface area contributed by atoms with E-state index in [0.717, 1.165) is 16.9 Å². The van der Waals surface area contributed by atoms with Crippen molar-refractivity contribution < 1.29 is 9.53 Å². The lowest BCUT2D eigenvalue weighted by Crippen LogP contribution is -2.20. The molecule has 132 valence electrons. The number of ether oxygens (including phenoxy) is 1. The first-order chi connectivity index (χ1) is 12.7. The Balaban J connectivity index is 1.51. The summed E-state index contributed by atoms with van der Waals surface area (Å²) in [6.07, 6.45) is 0. The molecule has 0 atom stereocenters. The molecule has 1 amide bonds. The van der Waals surface area contributed by atoms with Crippen LogP contribution < -0.4 is 15.4 Å². The summed E-state index contributed by atoms with van der Waals surface area (Å²) in [6, 6.07) is 25.3. The number of hydrogen-bond acceptors (Lipinski definition) is 3. The van der Waals surface area contributed by atoms with Gasteiger partial charge in [-0.15, -0.1) is 0 Å². The van der Waals surface area contributed by atoms with E-state index in [1.165, 1.54) is 5.56 Å². The van der Waals surface area contributed by atoms with E-state index in [1.807, 2.05) is 66.7 Å². The van der Waals surface area contributed by atoms with Gasteiger partial charge in [0.25, 0.3) is 5.91 Å². The van der Waals surface area contributed by atoms with E-state index in [2.05, 4.69) is 29.7 Å². The van der Waals surface area contributed by atoms with Crippen LogP contribution in [0.1, 0.15) is 11.1 Å². The van der Waals surface area contributed by atoms with Gasteiger partial charge < -0.3 is 15.4 Å². The van der Waals surface area contributed by atoms with Gasteiger partial charge in [-0.3, -0.25) is 4.79 Å². The van der Waals surface area contributed by atoms with Crippen LogP contribution in [0.4, 0.5) is 11.4 Å². The minimum atomic E-state index is -0.181. The number of carbonyl (C=O) groups excluding carboxylic acids is 1. The number of carbonyl (C=O) groups is 1. The number of aryl methyl sites for hydroxylation is 1. The Bertz CT molecular complexity index is 863. The van der Waals surface area contributed by atoms with E-state index in [-0.39, 0.29) is 12.5 Å². The van der Waals surface area contributed by atoms with Crippen molar-refractivity contribution in [2.75, 3.05) is 17.2 Å². The molecule has 0 saturated heterocycles. The molecule has 0 aliphatic heterocycles. The van der Waals surface area contributed by atoms with Gasteiger partial charge in [0, 0.05) is 17.9 Å². The third kappa shape index (κ3) is 5.38. The number of amides is 1. The summed E-state index contributed by atoms with van der Waals surface area (Å²) in [5, 5.41) is 6.19. The second kappa shape index (κ2) is 8.72. The van der Waals surface area contributed by atoms with Gasteiger partial charge in [-0.1, -0.05) is 42.5 Å². The number of nitrogens with one attached hydrogen (secondary N) is 2. The highest BCUT2D eigenvalue weighted by Crippen LogP contribution is 2.16. The average Bonchev–Trinajstić information content (AvgIpc) is 2.66. The minimum Gasteiger partial charge on any atom is -0.484 e. The first-order valence-electron chi connectivity index (χ1n) is 8.56. The summed E-state index contributed by atoms with van der Waals surface area (Å²) < 4.78 is 5.61. The Morgan fingerprint density at radius 3 is 2.46 bits per heavy atom. The smallest absolute Gasteiger partial charge is 0.262 e. The highest BCUT2D eigenvalue weighted by atomic mass is 16.5. The highest BCUT2D eigenvalue weighted by molar-refractivity contribution is 5.91. The molecule has 0 aliphatic carbocycles. The van der Waals surface area contributed by atoms with Crippen LogP contribution in [0.15, 0.2) is 78.9 Å². The van der Waals surface area contributed by atoms with Gasteiger partial charge in [-0.05, 0) is 54.4 Å². The molecule has 0 saturated carbocycles. The Kier molecular flexibility index (Phi) is 5.88. The molecule has 3 rings (SSSR count). The quantitative estimate of drug-likeness (QED) is 0.656. The van der Waals surface area contributed by atoms with Gasteiger partial charge in [-0.25, -0.2) is 0 Å². The van der Waals surface area contributed by atoms with E-state index in [0.29, 0.717) is 12.3 Å². The van der Waals surface area contributed by atoms with E-state index in [9.17, 15) is 4.79 Å². The van der Waals surface area contributed by atoms with Crippen LogP contribution in [0.3, 0.4) is 0 Å². The minimum absolute atomic E-state index is 0.0242. The Labute approximate surface area is 153 Å². The Morgan fingerprint density at radius 2 is 1.65 bits per heavy atom. The van der Waals surface area contributed by atoms with Gasteiger partial charge in [0.1, 0.15) is 5.75 Å². The van der Waals surface area contributed by atoms with Crippen LogP contribution in [-0.2, 0) is 11.3 Å². The molecule has 4 nitrogen and oxygen atoms in total. The molecule has 0 bridgehead atoms. The molecule has 0 fully saturated rings. The second-order valence-electron chi connectivity index (χ2n) is 6.07. The molecule has 4 heteroatoms. The predicted octanol–water partition coefficient (Wildman–Crippen LogP) is 4.62. The molecule has 0 aliphatic rings. The fourth-order valence-electron chi connectivity index (χ4n) is 2.57. The third-order valence-corrected chi connectivity index (χ3v) is 3.84. The summed E-state index contributed by atoms with van der Waals surface area (Å²) in [4.78, 5) is 12.0. The van der Waals surface area contributed by atoms with Crippen molar-refractivity contribution in [2.45, 2.75) is 13.5 Å². The molecule has 0 heterocycles. The fraction of sp³-hybridized carbons (Fsp3) is 0.136. The van der Waals surface area contributed by atoms with E-state index in [1.54, 1.807) is 0 Å². The normalized spacial score (nSPS) is 10.2. The number of anilines is 2. The zero-order valence-electron chi connectivity index (χ0n) is 14.7. The number of rotatable bonds is 7. The van der Waals surface area contributed by atoms with Gasteiger partial charge in [0.2, 0.25) is 0 Å². The molecule has 0 radical (unpaired) electrons. The van der Waals surface area contributed by atoms with Crippen molar-refractivity contribution in [2.24, 2.45) is 0 Å². The van der Waals surface area contributed by atoms with Crippen LogP contribution in [0.2, 0.25) is 0 Å².